The third-order valence-corrected chi connectivity index (χ3v) is 7.96. The Balaban J connectivity index is 1.27. The molecule has 1 amide bonds. The maximum absolute atomic E-state index is 12.3. The first-order chi connectivity index (χ1) is 15.9. The third-order valence-electron chi connectivity index (χ3n) is 6.90. The second-order valence-electron chi connectivity index (χ2n) is 9.60. The van der Waals surface area contributed by atoms with Gasteiger partial charge in [0.1, 0.15) is 5.76 Å². The Kier molecular flexibility index (Phi) is 10.1. The minimum absolute atomic E-state index is 0.00822. The van der Waals surface area contributed by atoms with Crippen molar-refractivity contribution in [2.75, 3.05) is 45.9 Å². The lowest BCUT2D eigenvalue weighted by Gasteiger charge is -2.40. The van der Waals surface area contributed by atoms with E-state index in [4.69, 9.17) is 4.74 Å². The van der Waals surface area contributed by atoms with Gasteiger partial charge in [-0.2, -0.15) is 0 Å². The highest BCUT2D eigenvalue weighted by atomic mass is 32.2. The van der Waals surface area contributed by atoms with Gasteiger partial charge in [-0.25, -0.2) is 0 Å². The number of hydrogen-bond donors (Lipinski definition) is 1. The second-order valence-corrected chi connectivity index (χ2v) is 11.1. The Morgan fingerprint density at radius 1 is 1.27 bits per heavy atom. The van der Waals surface area contributed by atoms with Gasteiger partial charge in [0.15, 0.2) is 0 Å². The maximum atomic E-state index is 12.3. The molecule has 3 aliphatic rings. The molecule has 0 aromatic heterocycles. The van der Waals surface area contributed by atoms with Crippen LogP contribution in [0.4, 0.5) is 0 Å². The molecule has 3 rings (SSSR count). The van der Waals surface area contributed by atoms with E-state index in [1.807, 2.05) is 19.9 Å². The molecular weight excluding hydrogens is 434 g/mol. The maximum Gasteiger partial charge on any atom is 0.221 e. The molecule has 2 saturated heterocycles. The van der Waals surface area contributed by atoms with E-state index in [2.05, 4.69) is 21.7 Å². The van der Waals surface area contributed by atoms with Crippen molar-refractivity contribution in [3.05, 3.63) is 36.1 Å². The van der Waals surface area contributed by atoms with E-state index >= 15 is 0 Å². The Bertz CT molecular complexity index is 752. The number of amides is 1. The van der Waals surface area contributed by atoms with Gasteiger partial charge in [0, 0.05) is 31.6 Å². The van der Waals surface area contributed by atoms with Gasteiger partial charge < -0.3 is 19.9 Å². The van der Waals surface area contributed by atoms with Gasteiger partial charge in [-0.05, 0) is 72.1 Å². The van der Waals surface area contributed by atoms with Crippen LogP contribution in [0.25, 0.3) is 0 Å². The van der Waals surface area contributed by atoms with Crippen LogP contribution in [-0.4, -0.2) is 77.5 Å². The zero-order chi connectivity index (χ0) is 23.7. The number of allylic oxidation sites excluding steroid dienone is 2. The van der Waals surface area contributed by atoms with E-state index in [1.165, 1.54) is 57.0 Å². The van der Waals surface area contributed by atoms with Gasteiger partial charge in [0.2, 0.25) is 11.0 Å². The number of ether oxygens (including phenoxy) is 1. The van der Waals surface area contributed by atoms with Crippen molar-refractivity contribution in [3.8, 4) is 0 Å². The first kappa shape index (κ1) is 26.0. The lowest BCUT2D eigenvalue weighted by atomic mass is 10.00. The van der Waals surface area contributed by atoms with E-state index < -0.39 is 4.75 Å². The van der Waals surface area contributed by atoms with Crippen LogP contribution in [0.2, 0.25) is 0 Å². The number of carbonyl (C=O) groups excluding carboxylic acids is 2. The van der Waals surface area contributed by atoms with Gasteiger partial charge in [0.05, 0.1) is 11.4 Å². The minimum atomic E-state index is -0.486. The molecule has 0 radical (unpaired) electrons. The third kappa shape index (κ3) is 8.01. The Morgan fingerprint density at radius 2 is 2.00 bits per heavy atom. The van der Waals surface area contributed by atoms with Crippen molar-refractivity contribution in [2.45, 2.75) is 69.6 Å². The largest absolute Gasteiger partial charge is 0.496 e. The van der Waals surface area contributed by atoms with Crippen LogP contribution in [0.5, 0.6) is 0 Å². The molecule has 1 unspecified atom stereocenters. The lowest BCUT2D eigenvalue weighted by molar-refractivity contribution is -0.121. The summed E-state index contributed by atoms with van der Waals surface area (Å²) in [4.78, 5) is 29.3. The molecule has 0 saturated carbocycles. The summed E-state index contributed by atoms with van der Waals surface area (Å²) in [6, 6.07) is 0.747. The molecule has 0 aromatic rings. The van der Waals surface area contributed by atoms with E-state index in [1.54, 1.807) is 12.2 Å². The zero-order valence-electron chi connectivity index (χ0n) is 20.4. The molecule has 184 valence electrons. The normalized spacial score (nSPS) is 25.7. The average molecular weight is 476 g/mol. The molecule has 1 N–H and O–H groups in total. The Morgan fingerprint density at radius 3 is 2.70 bits per heavy atom. The molecular formula is C26H41N3O3S. The van der Waals surface area contributed by atoms with E-state index in [-0.39, 0.29) is 11.0 Å². The van der Waals surface area contributed by atoms with E-state index in [9.17, 15) is 9.59 Å². The lowest BCUT2D eigenvalue weighted by Crippen LogP contribution is -2.47. The van der Waals surface area contributed by atoms with Crippen molar-refractivity contribution in [1.29, 1.82) is 0 Å². The summed E-state index contributed by atoms with van der Waals surface area (Å²) in [5, 5.41) is 3.02. The van der Waals surface area contributed by atoms with Crippen LogP contribution in [0.1, 0.15) is 58.8 Å². The van der Waals surface area contributed by atoms with Crippen LogP contribution < -0.4 is 5.32 Å². The fraction of sp³-hybridized carbons (Fsp3) is 0.692. The van der Waals surface area contributed by atoms with Crippen LogP contribution in [0.15, 0.2) is 36.1 Å². The zero-order valence-corrected chi connectivity index (χ0v) is 21.3. The summed E-state index contributed by atoms with van der Waals surface area (Å²) in [5.74, 6) is 0.784. The van der Waals surface area contributed by atoms with Gasteiger partial charge in [-0.15, -0.1) is 0 Å². The Labute approximate surface area is 203 Å². The molecule has 1 atom stereocenters. The summed E-state index contributed by atoms with van der Waals surface area (Å²) in [6.07, 6.45) is 13.2. The summed E-state index contributed by atoms with van der Waals surface area (Å²) in [7, 11) is 0. The monoisotopic (exact) mass is 475 g/mol. The fourth-order valence-corrected chi connectivity index (χ4v) is 5.99. The highest BCUT2D eigenvalue weighted by molar-refractivity contribution is 8.15. The van der Waals surface area contributed by atoms with Crippen LogP contribution >= 0.6 is 11.8 Å². The van der Waals surface area contributed by atoms with Crippen molar-refractivity contribution in [1.82, 2.24) is 15.1 Å². The average Bonchev–Trinajstić information content (AvgIpc) is 3.10. The molecule has 3 heterocycles. The minimum Gasteiger partial charge on any atom is -0.496 e. The van der Waals surface area contributed by atoms with Crippen LogP contribution in [0, 0.1) is 0 Å². The molecule has 0 spiro atoms. The highest BCUT2D eigenvalue weighted by Crippen LogP contribution is 2.42. The molecule has 3 aliphatic heterocycles. The van der Waals surface area contributed by atoms with Crippen molar-refractivity contribution >= 4 is 22.8 Å². The standard InChI is InChI=1S/C26H41N3O3S/c1-4-21(2)20-26(3)23(19-25(31)33-26)32-18-8-12-27-24(30)11-17-28-15-9-22(10-16-28)29-13-6-5-7-14-29/h4,19-20,22H,1,5-18H2,2-3H3,(H,27,30)/b21-20+. The van der Waals surface area contributed by atoms with E-state index in [0.29, 0.717) is 31.8 Å². The summed E-state index contributed by atoms with van der Waals surface area (Å²) < 4.78 is 5.42. The predicted molar refractivity (Wildman–Crippen MR) is 136 cm³/mol. The first-order valence-corrected chi connectivity index (χ1v) is 13.3. The van der Waals surface area contributed by atoms with Gasteiger partial charge in [0.25, 0.3) is 0 Å². The fourth-order valence-electron chi connectivity index (χ4n) is 4.94. The summed E-state index contributed by atoms with van der Waals surface area (Å²) in [6.45, 7) is 14.4. The number of piperidine rings is 2. The molecule has 0 bridgehead atoms. The molecule has 0 aromatic carbocycles. The van der Waals surface area contributed by atoms with Crippen molar-refractivity contribution < 1.29 is 14.3 Å². The molecule has 0 aliphatic carbocycles. The predicted octanol–water partition coefficient (Wildman–Crippen LogP) is 3.90. The number of nitrogens with zero attached hydrogens (tertiary/aromatic N) is 2. The van der Waals surface area contributed by atoms with Crippen molar-refractivity contribution in [3.63, 3.8) is 0 Å². The van der Waals surface area contributed by atoms with E-state index in [0.717, 1.165) is 31.2 Å². The number of carbonyl (C=O) groups is 2. The Hall–Kier alpha value is -1.57. The van der Waals surface area contributed by atoms with Crippen molar-refractivity contribution in [2.24, 2.45) is 0 Å². The van der Waals surface area contributed by atoms with Gasteiger partial charge in [-0.3, -0.25) is 9.59 Å². The number of nitrogens with one attached hydrogen (secondary N) is 1. The molecule has 2 fully saturated rings. The summed E-state index contributed by atoms with van der Waals surface area (Å²) in [5.41, 5.74) is 1.01. The molecule has 33 heavy (non-hydrogen) atoms. The topological polar surface area (TPSA) is 61.9 Å². The van der Waals surface area contributed by atoms with Crippen LogP contribution in [0.3, 0.4) is 0 Å². The van der Waals surface area contributed by atoms with Gasteiger partial charge >= 0.3 is 0 Å². The van der Waals surface area contributed by atoms with Crippen LogP contribution in [-0.2, 0) is 14.3 Å². The number of hydrogen-bond acceptors (Lipinski definition) is 6. The second kappa shape index (κ2) is 12.8. The molecule has 6 nitrogen and oxygen atoms in total. The molecule has 7 heteroatoms. The highest BCUT2D eigenvalue weighted by Gasteiger charge is 2.37. The summed E-state index contributed by atoms with van der Waals surface area (Å²) >= 11 is 1.26. The SMILES string of the molecule is C=C/C(C)=C/C1(C)SC(=O)C=C1OCCCNC(=O)CCN1CCC(N2CCCCC2)CC1. The number of likely N-dealkylation sites (tertiary alicyclic amines) is 2. The number of thioether (sulfide) groups is 1. The first-order valence-electron chi connectivity index (χ1n) is 12.5. The number of rotatable bonds is 11. The quantitative estimate of drug-likeness (QED) is 0.361. The smallest absolute Gasteiger partial charge is 0.221 e. The van der Waals surface area contributed by atoms with Gasteiger partial charge in [-0.1, -0.05) is 42.5 Å².